The smallest absolute Gasteiger partial charge is 0.336 e. The van der Waals surface area contributed by atoms with Crippen LogP contribution in [-0.2, 0) is 19.1 Å². The lowest BCUT2D eigenvalue weighted by molar-refractivity contribution is -0.142. The maximum absolute atomic E-state index is 13.0. The molecule has 2 heterocycles. The molecule has 29 heavy (non-hydrogen) atoms. The first-order valence-corrected chi connectivity index (χ1v) is 10.5. The SMILES string of the molecule is CCOC(=O)C1=C(C)N(CC(=O)N2CCCCC2)C(=O)CC1c1cccc(Cl)c1. The lowest BCUT2D eigenvalue weighted by atomic mass is 9.83. The van der Waals surface area contributed by atoms with Gasteiger partial charge in [0.2, 0.25) is 11.8 Å². The largest absolute Gasteiger partial charge is 0.463 e. The van der Waals surface area contributed by atoms with Gasteiger partial charge in [0, 0.05) is 36.1 Å². The molecule has 156 valence electrons. The monoisotopic (exact) mass is 418 g/mol. The first-order valence-electron chi connectivity index (χ1n) is 10.1. The minimum atomic E-state index is -0.460. The van der Waals surface area contributed by atoms with Gasteiger partial charge < -0.3 is 14.5 Å². The average Bonchev–Trinajstić information content (AvgIpc) is 2.71. The fourth-order valence-electron chi connectivity index (χ4n) is 4.06. The molecule has 2 aliphatic rings. The van der Waals surface area contributed by atoms with Gasteiger partial charge in [-0.2, -0.15) is 0 Å². The molecule has 6 nitrogen and oxygen atoms in total. The number of esters is 1. The second-order valence-electron chi connectivity index (χ2n) is 7.45. The summed E-state index contributed by atoms with van der Waals surface area (Å²) in [5, 5.41) is 0.540. The predicted molar refractivity (Wildman–Crippen MR) is 110 cm³/mol. The van der Waals surface area contributed by atoms with Crippen molar-refractivity contribution in [1.29, 1.82) is 0 Å². The van der Waals surface area contributed by atoms with E-state index in [1.165, 1.54) is 4.90 Å². The second kappa shape index (κ2) is 9.44. The predicted octanol–water partition coefficient (Wildman–Crippen LogP) is 3.51. The van der Waals surface area contributed by atoms with Crippen LogP contribution in [-0.4, -0.2) is 53.8 Å². The van der Waals surface area contributed by atoms with E-state index in [9.17, 15) is 14.4 Å². The van der Waals surface area contributed by atoms with Gasteiger partial charge in [-0.15, -0.1) is 0 Å². The number of carbonyl (C=O) groups is 3. The third kappa shape index (κ3) is 4.81. The molecule has 7 heteroatoms. The molecule has 0 aliphatic carbocycles. The molecule has 3 rings (SSSR count). The van der Waals surface area contributed by atoms with Crippen LogP contribution >= 0.6 is 11.6 Å². The number of piperidine rings is 1. The van der Waals surface area contributed by atoms with Crippen molar-refractivity contribution in [2.24, 2.45) is 0 Å². The number of benzene rings is 1. The Labute approximate surface area is 176 Å². The summed E-state index contributed by atoms with van der Waals surface area (Å²) in [6.45, 7) is 5.09. The molecule has 0 N–H and O–H groups in total. The Kier molecular flexibility index (Phi) is 6.96. The lowest BCUT2D eigenvalue weighted by Gasteiger charge is -2.36. The molecule has 0 spiro atoms. The molecule has 0 bridgehead atoms. The first kappa shape index (κ1) is 21.4. The van der Waals surface area contributed by atoms with Gasteiger partial charge in [-0.1, -0.05) is 23.7 Å². The summed E-state index contributed by atoms with van der Waals surface area (Å²) in [7, 11) is 0. The van der Waals surface area contributed by atoms with Crippen molar-refractivity contribution in [3.05, 3.63) is 46.1 Å². The molecule has 0 aromatic heterocycles. The van der Waals surface area contributed by atoms with Gasteiger partial charge in [0.05, 0.1) is 12.2 Å². The summed E-state index contributed by atoms with van der Waals surface area (Å²) in [5.41, 5.74) is 1.69. The van der Waals surface area contributed by atoms with Crippen LogP contribution in [0.3, 0.4) is 0 Å². The van der Waals surface area contributed by atoms with Gasteiger partial charge in [0.25, 0.3) is 0 Å². The number of halogens is 1. The van der Waals surface area contributed by atoms with Gasteiger partial charge in [-0.05, 0) is 50.8 Å². The van der Waals surface area contributed by atoms with Gasteiger partial charge in [-0.25, -0.2) is 4.79 Å². The van der Waals surface area contributed by atoms with E-state index in [2.05, 4.69) is 0 Å². The van der Waals surface area contributed by atoms with Crippen molar-refractivity contribution in [2.45, 2.75) is 45.4 Å². The van der Waals surface area contributed by atoms with Crippen LogP contribution in [0.2, 0.25) is 5.02 Å². The number of amides is 2. The Balaban J connectivity index is 1.93. The molecular formula is C22H27ClN2O4. The summed E-state index contributed by atoms with van der Waals surface area (Å²) in [6, 6.07) is 7.16. The number of likely N-dealkylation sites (tertiary alicyclic amines) is 1. The van der Waals surface area contributed by atoms with Crippen LogP contribution in [0.5, 0.6) is 0 Å². The van der Waals surface area contributed by atoms with Crippen molar-refractivity contribution in [3.63, 3.8) is 0 Å². The lowest BCUT2D eigenvalue weighted by Crippen LogP contribution is -2.46. The van der Waals surface area contributed by atoms with E-state index in [0.29, 0.717) is 16.3 Å². The van der Waals surface area contributed by atoms with Crippen LogP contribution in [0.1, 0.15) is 51.0 Å². The fourth-order valence-corrected chi connectivity index (χ4v) is 4.26. The maximum atomic E-state index is 13.0. The van der Waals surface area contributed by atoms with Crippen LogP contribution in [0.15, 0.2) is 35.5 Å². The second-order valence-corrected chi connectivity index (χ2v) is 7.89. The zero-order chi connectivity index (χ0) is 21.0. The summed E-state index contributed by atoms with van der Waals surface area (Å²) in [5.74, 6) is -1.16. The molecule has 1 atom stereocenters. The number of hydrogen-bond donors (Lipinski definition) is 0. The summed E-state index contributed by atoms with van der Waals surface area (Å²) in [6.07, 6.45) is 3.19. The number of carbonyl (C=O) groups excluding carboxylic acids is 3. The molecule has 0 saturated carbocycles. The van der Waals surface area contributed by atoms with Gasteiger partial charge in [-0.3, -0.25) is 9.59 Å². The van der Waals surface area contributed by atoms with E-state index in [1.54, 1.807) is 36.9 Å². The Hall–Kier alpha value is -2.34. The van der Waals surface area contributed by atoms with Crippen LogP contribution < -0.4 is 0 Å². The third-order valence-corrected chi connectivity index (χ3v) is 5.81. The number of ether oxygens (including phenoxy) is 1. The molecule has 1 fully saturated rings. The Bertz CT molecular complexity index is 830. The maximum Gasteiger partial charge on any atom is 0.336 e. The molecular weight excluding hydrogens is 392 g/mol. The first-order chi connectivity index (χ1) is 13.9. The molecule has 1 unspecified atom stereocenters. The van der Waals surface area contributed by atoms with Gasteiger partial charge in [0.1, 0.15) is 6.54 Å². The summed E-state index contributed by atoms with van der Waals surface area (Å²) in [4.78, 5) is 41.7. The highest BCUT2D eigenvalue weighted by atomic mass is 35.5. The summed E-state index contributed by atoms with van der Waals surface area (Å²) >= 11 is 6.13. The molecule has 1 aromatic rings. The van der Waals surface area contributed by atoms with E-state index >= 15 is 0 Å². The van der Waals surface area contributed by atoms with Crippen molar-refractivity contribution >= 4 is 29.4 Å². The number of hydrogen-bond acceptors (Lipinski definition) is 4. The zero-order valence-electron chi connectivity index (χ0n) is 16.9. The molecule has 2 amide bonds. The van der Waals surface area contributed by atoms with E-state index in [-0.39, 0.29) is 31.4 Å². The average molecular weight is 419 g/mol. The van der Waals surface area contributed by atoms with E-state index in [4.69, 9.17) is 16.3 Å². The van der Waals surface area contributed by atoms with Crippen molar-refractivity contribution in [2.75, 3.05) is 26.2 Å². The standard InChI is InChI=1S/C22H27ClN2O4/c1-3-29-22(28)21-15(2)25(14-20(27)24-10-5-4-6-11-24)19(26)13-18(21)16-8-7-9-17(23)12-16/h7-9,12,18H,3-6,10-11,13-14H2,1-2H3. The fraction of sp³-hybridized carbons (Fsp3) is 0.500. The number of rotatable bonds is 5. The van der Waals surface area contributed by atoms with Crippen molar-refractivity contribution in [3.8, 4) is 0 Å². The van der Waals surface area contributed by atoms with Crippen LogP contribution in [0.4, 0.5) is 0 Å². The highest BCUT2D eigenvalue weighted by Gasteiger charge is 2.38. The normalized spacial score (nSPS) is 20.1. The van der Waals surface area contributed by atoms with Gasteiger partial charge in [0.15, 0.2) is 0 Å². The number of allylic oxidation sites excluding steroid dienone is 1. The summed E-state index contributed by atoms with van der Waals surface area (Å²) < 4.78 is 5.28. The highest BCUT2D eigenvalue weighted by molar-refractivity contribution is 6.30. The third-order valence-electron chi connectivity index (χ3n) is 5.57. The number of nitrogens with zero attached hydrogens (tertiary/aromatic N) is 2. The van der Waals surface area contributed by atoms with E-state index in [1.807, 2.05) is 6.07 Å². The van der Waals surface area contributed by atoms with Crippen LogP contribution in [0, 0.1) is 0 Å². The highest BCUT2D eigenvalue weighted by Crippen LogP contribution is 2.37. The van der Waals surface area contributed by atoms with E-state index < -0.39 is 11.9 Å². The molecule has 0 radical (unpaired) electrons. The van der Waals surface area contributed by atoms with E-state index in [0.717, 1.165) is 37.9 Å². The molecule has 2 aliphatic heterocycles. The quantitative estimate of drug-likeness (QED) is 0.686. The van der Waals surface area contributed by atoms with Gasteiger partial charge >= 0.3 is 5.97 Å². The Morgan fingerprint density at radius 3 is 2.59 bits per heavy atom. The Morgan fingerprint density at radius 2 is 1.93 bits per heavy atom. The van der Waals surface area contributed by atoms with Crippen LogP contribution in [0.25, 0.3) is 0 Å². The van der Waals surface area contributed by atoms with Crippen molar-refractivity contribution < 1.29 is 19.1 Å². The molecule has 1 aromatic carbocycles. The zero-order valence-corrected chi connectivity index (χ0v) is 17.7. The van der Waals surface area contributed by atoms with Crippen molar-refractivity contribution in [1.82, 2.24) is 9.80 Å². The topological polar surface area (TPSA) is 66.9 Å². The minimum absolute atomic E-state index is 0.0458. The molecule has 1 saturated heterocycles. The minimum Gasteiger partial charge on any atom is -0.463 e. The Morgan fingerprint density at radius 1 is 1.21 bits per heavy atom.